The molecule has 1 aromatic carbocycles. The van der Waals surface area contributed by atoms with Crippen molar-refractivity contribution in [1.82, 2.24) is 5.32 Å². The Morgan fingerprint density at radius 2 is 1.80 bits per heavy atom. The Balaban J connectivity index is 2.55. The molecule has 0 aliphatic heterocycles. The van der Waals surface area contributed by atoms with Crippen molar-refractivity contribution in [2.24, 2.45) is 5.41 Å². The SMILES string of the molecule is CC(C)(C)CCC(=O)N[C@H](Cc1ccccc1)C(=O)O. The molecule has 0 aliphatic carbocycles. The first kappa shape index (κ1) is 16.2. The van der Waals surface area contributed by atoms with E-state index in [0.29, 0.717) is 12.8 Å². The van der Waals surface area contributed by atoms with Crippen molar-refractivity contribution >= 4 is 11.9 Å². The molecule has 1 atom stereocenters. The lowest BCUT2D eigenvalue weighted by Crippen LogP contribution is -2.42. The number of amides is 1. The summed E-state index contributed by atoms with van der Waals surface area (Å²) >= 11 is 0. The summed E-state index contributed by atoms with van der Waals surface area (Å²) in [5.41, 5.74) is 0.964. The molecule has 20 heavy (non-hydrogen) atoms. The second-order valence-corrected chi connectivity index (χ2v) is 6.21. The molecular formula is C16H23NO3. The van der Waals surface area contributed by atoms with Gasteiger partial charge in [-0.25, -0.2) is 4.79 Å². The van der Waals surface area contributed by atoms with E-state index in [9.17, 15) is 14.7 Å². The van der Waals surface area contributed by atoms with Crippen molar-refractivity contribution < 1.29 is 14.7 Å². The molecule has 1 aromatic rings. The molecule has 4 nitrogen and oxygen atoms in total. The second-order valence-electron chi connectivity index (χ2n) is 6.21. The van der Waals surface area contributed by atoms with Crippen LogP contribution in [0.15, 0.2) is 30.3 Å². The highest BCUT2D eigenvalue weighted by Gasteiger charge is 2.21. The van der Waals surface area contributed by atoms with Crippen molar-refractivity contribution in [2.45, 2.75) is 46.1 Å². The first-order chi connectivity index (χ1) is 9.28. The first-order valence-electron chi connectivity index (χ1n) is 6.84. The van der Waals surface area contributed by atoms with Gasteiger partial charge in [0.2, 0.25) is 5.91 Å². The summed E-state index contributed by atoms with van der Waals surface area (Å²) < 4.78 is 0. The Hall–Kier alpha value is -1.84. The minimum atomic E-state index is -1.00. The molecular weight excluding hydrogens is 254 g/mol. The van der Waals surface area contributed by atoms with E-state index in [0.717, 1.165) is 12.0 Å². The third kappa shape index (κ3) is 6.36. The molecule has 4 heteroatoms. The zero-order valence-corrected chi connectivity index (χ0v) is 12.3. The molecule has 0 fully saturated rings. The number of aliphatic carboxylic acids is 1. The van der Waals surface area contributed by atoms with Gasteiger partial charge in [0.1, 0.15) is 6.04 Å². The topological polar surface area (TPSA) is 66.4 Å². The molecule has 0 saturated heterocycles. The summed E-state index contributed by atoms with van der Waals surface area (Å²) in [5.74, 6) is -1.21. The fourth-order valence-corrected chi connectivity index (χ4v) is 1.80. The van der Waals surface area contributed by atoms with Crippen LogP contribution in [0.4, 0.5) is 0 Å². The molecule has 0 aromatic heterocycles. The standard InChI is InChI=1S/C16H23NO3/c1-16(2,3)10-9-14(18)17-13(15(19)20)11-12-7-5-4-6-8-12/h4-8,13H,9-11H2,1-3H3,(H,17,18)(H,19,20)/t13-/m1/s1. The van der Waals surface area contributed by atoms with Crippen molar-refractivity contribution in [3.8, 4) is 0 Å². The van der Waals surface area contributed by atoms with Gasteiger partial charge in [0.15, 0.2) is 0 Å². The summed E-state index contributed by atoms with van der Waals surface area (Å²) in [7, 11) is 0. The summed E-state index contributed by atoms with van der Waals surface area (Å²) in [5, 5.41) is 11.8. The number of carbonyl (C=O) groups excluding carboxylic acids is 1. The highest BCUT2D eigenvalue weighted by atomic mass is 16.4. The number of carboxylic acid groups (broad SMARTS) is 1. The average Bonchev–Trinajstić information content (AvgIpc) is 2.36. The largest absolute Gasteiger partial charge is 0.480 e. The number of benzene rings is 1. The predicted molar refractivity (Wildman–Crippen MR) is 78.4 cm³/mol. The number of carbonyl (C=O) groups is 2. The van der Waals surface area contributed by atoms with Crippen molar-refractivity contribution in [3.63, 3.8) is 0 Å². The molecule has 0 aliphatic rings. The van der Waals surface area contributed by atoms with Gasteiger partial charge < -0.3 is 10.4 Å². The van der Waals surface area contributed by atoms with Crippen LogP contribution in [0.3, 0.4) is 0 Å². The normalized spacial score (nSPS) is 12.8. The van der Waals surface area contributed by atoms with Gasteiger partial charge in [-0.3, -0.25) is 4.79 Å². The van der Waals surface area contributed by atoms with Crippen molar-refractivity contribution in [2.75, 3.05) is 0 Å². The molecule has 0 spiro atoms. The zero-order chi connectivity index (χ0) is 15.2. The Bertz CT molecular complexity index is 449. The van der Waals surface area contributed by atoms with Crippen LogP contribution in [-0.4, -0.2) is 23.0 Å². The Morgan fingerprint density at radius 1 is 1.20 bits per heavy atom. The highest BCUT2D eigenvalue weighted by molar-refractivity contribution is 5.83. The second kappa shape index (κ2) is 7.08. The van der Waals surface area contributed by atoms with E-state index in [1.165, 1.54) is 0 Å². The first-order valence-corrected chi connectivity index (χ1v) is 6.84. The third-order valence-corrected chi connectivity index (χ3v) is 3.02. The lowest BCUT2D eigenvalue weighted by Gasteiger charge is -2.19. The van der Waals surface area contributed by atoms with Gasteiger partial charge in [-0.15, -0.1) is 0 Å². The average molecular weight is 277 g/mol. The minimum Gasteiger partial charge on any atom is -0.480 e. The highest BCUT2D eigenvalue weighted by Crippen LogP contribution is 2.20. The molecule has 0 heterocycles. The maximum Gasteiger partial charge on any atom is 0.326 e. The van der Waals surface area contributed by atoms with Gasteiger partial charge >= 0.3 is 5.97 Å². The van der Waals surface area contributed by atoms with Crippen LogP contribution >= 0.6 is 0 Å². The molecule has 110 valence electrons. The molecule has 1 amide bonds. The quantitative estimate of drug-likeness (QED) is 0.840. The van der Waals surface area contributed by atoms with E-state index in [-0.39, 0.29) is 11.3 Å². The fraction of sp³-hybridized carbons (Fsp3) is 0.500. The number of carboxylic acids is 1. The van der Waals surface area contributed by atoms with E-state index in [2.05, 4.69) is 26.1 Å². The van der Waals surface area contributed by atoms with Gasteiger partial charge in [-0.2, -0.15) is 0 Å². The van der Waals surface area contributed by atoms with Crippen LogP contribution in [0, 0.1) is 5.41 Å². The molecule has 1 rings (SSSR count). The summed E-state index contributed by atoms with van der Waals surface area (Å²) in [6, 6.07) is 8.44. The van der Waals surface area contributed by atoms with Crippen LogP contribution in [0.1, 0.15) is 39.2 Å². The monoisotopic (exact) mass is 277 g/mol. The Morgan fingerprint density at radius 3 is 2.30 bits per heavy atom. The fourth-order valence-electron chi connectivity index (χ4n) is 1.80. The summed E-state index contributed by atoms with van der Waals surface area (Å²) in [4.78, 5) is 23.0. The molecule has 0 bridgehead atoms. The maximum absolute atomic E-state index is 11.8. The third-order valence-electron chi connectivity index (χ3n) is 3.02. The van der Waals surface area contributed by atoms with E-state index in [1.54, 1.807) is 0 Å². The van der Waals surface area contributed by atoms with Gasteiger partial charge in [0, 0.05) is 12.8 Å². The van der Waals surface area contributed by atoms with Gasteiger partial charge in [-0.05, 0) is 17.4 Å². The lowest BCUT2D eigenvalue weighted by atomic mass is 9.90. The minimum absolute atomic E-state index is 0.0650. The molecule has 2 N–H and O–H groups in total. The van der Waals surface area contributed by atoms with Crippen molar-refractivity contribution in [1.29, 1.82) is 0 Å². The molecule has 0 radical (unpaired) electrons. The predicted octanol–water partition coefficient (Wildman–Crippen LogP) is 2.62. The van der Waals surface area contributed by atoms with Crippen LogP contribution in [0.25, 0.3) is 0 Å². The van der Waals surface area contributed by atoms with E-state index in [4.69, 9.17) is 0 Å². The van der Waals surface area contributed by atoms with E-state index in [1.807, 2.05) is 30.3 Å². The maximum atomic E-state index is 11.8. The number of nitrogens with one attached hydrogen (secondary N) is 1. The van der Waals surface area contributed by atoms with E-state index < -0.39 is 12.0 Å². The number of hydrogen-bond acceptors (Lipinski definition) is 2. The van der Waals surface area contributed by atoms with E-state index >= 15 is 0 Å². The molecule has 0 saturated carbocycles. The molecule has 0 unspecified atom stereocenters. The van der Waals surface area contributed by atoms with Crippen LogP contribution < -0.4 is 5.32 Å². The summed E-state index contributed by atoms with van der Waals surface area (Å²) in [6.07, 6.45) is 1.38. The number of rotatable bonds is 6. The van der Waals surface area contributed by atoms with Gasteiger partial charge in [-0.1, -0.05) is 51.1 Å². The summed E-state index contributed by atoms with van der Waals surface area (Å²) in [6.45, 7) is 6.16. The van der Waals surface area contributed by atoms with Gasteiger partial charge in [0.05, 0.1) is 0 Å². The van der Waals surface area contributed by atoms with Crippen LogP contribution in [0.2, 0.25) is 0 Å². The smallest absolute Gasteiger partial charge is 0.326 e. The van der Waals surface area contributed by atoms with Crippen LogP contribution in [-0.2, 0) is 16.0 Å². The number of hydrogen-bond donors (Lipinski definition) is 2. The van der Waals surface area contributed by atoms with Crippen molar-refractivity contribution in [3.05, 3.63) is 35.9 Å². The van der Waals surface area contributed by atoms with Crippen LogP contribution in [0.5, 0.6) is 0 Å². The Labute approximate surface area is 120 Å². The zero-order valence-electron chi connectivity index (χ0n) is 12.3. The lowest BCUT2D eigenvalue weighted by molar-refractivity contribution is -0.141. The Kier molecular flexibility index (Phi) is 5.74. The van der Waals surface area contributed by atoms with Gasteiger partial charge in [0.25, 0.3) is 0 Å².